The van der Waals surface area contributed by atoms with Crippen LogP contribution in [0.1, 0.15) is 24.8 Å². The van der Waals surface area contributed by atoms with Gasteiger partial charge in [0, 0.05) is 44.9 Å². The number of pyridine rings is 1. The minimum atomic E-state index is 0.0581. The van der Waals surface area contributed by atoms with Crippen molar-refractivity contribution < 1.29 is 19.0 Å². The van der Waals surface area contributed by atoms with Gasteiger partial charge in [0.2, 0.25) is 11.8 Å². The Morgan fingerprint density at radius 3 is 2.84 bits per heavy atom. The van der Waals surface area contributed by atoms with Gasteiger partial charge in [0.15, 0.2) is 11.5 Å². The third-order valence-corrected chi connectivity index (χ3v) is 6.23. The number of benzene rings is 1. The average molecular weight is 439 g/mol. The molecule has 0 radical (unpaired) electrons. The lowest BCUT2D eigenvalue weighted by Crippen LogP contribution is -2.46. The van der Waals surface area contributed by atoms with Crippen LogP contribution in [-0.4, -0.2) is 68.3 Å². The van der Waals surface area contributed by atoms with E-state index in [0.717, 1.165) is 80.4 Å². The molecule has 1 aromatic carbocycles. The third kappa shape index (κ3) is 4.75. The van der Waals surface area contributed by atoms with Gasteiger partial charge in [0.05, 0.1) is 18.0 Å². The monoisotopic (exact) mass is 438 g/mol. The maximum atomic E-state index is 11.6. The van der Waals surface area contributed by atoms with Crippen molar-refractivity contribution in [2.75, 3.05) is 62.8 Å². The van der Waals surface area contributed by atoms with Gasteiger partial charge in [-0.15, -0.1) is 0 Å². The van der Waals surface area contributed by atoms with E-state index in [4.69, 9.17) is 14.2 Å². The molecule has 3 aliphatic rings. The van der Waals surface area contributed by atoms with Gasteiger partial charge in [-0.2, -0.15) is 0 Å². The van der Waals surface area contributed by atoms with Crippen molar-refractivity contribution in [3.8, 4) is 17.4 Å². The predicted molar refractivity (Wildman–Crippen MR) is 122 cm³/mol. The number of fused-ring (bicyclic) bond motifs is 2. The molecule has 2 aromatic rings. The molecule has 0 bridgehead atoms. The van der Waals surface area contributed by atoms with E-state index in [2.05, 4.69) is 26.2 Å². The lowest BCUT2D eigenvalue weighted by Gasteiger charge is -2.37. The van der Waals surface area contributed by atoms with Gasteiger partial charge in [0.25, 0.3) is 0 Å². The number of unbranched alkanes of at least 4 members (excludes halogenated alkanes) is 1. The number of piperazine rings is 1. The molecule has 1 aromatic heterocycles. The molecule has 3 aliphatic heterocycles. The number of amides is 1. The number of nitrogens with one attached hydrogen (secondary N) is 1. The van der Waals surface area contributed by atoms with Crippen LogP contribution in [0.4, 0.5) is 11.4 Å². The Morgan fingerprint density at radius 1 is 1.06 bits per heavy atom. The Balaban J connectivity index is 1.03. The van der Waals surface area contributed by atoms with Crippen LogP contribution in [0.2, 0.25) is 0 Å². The molecule has 32 heavy (non-hydrogen) atoms. The highest BCUT2D eigenvalue weighted by Gasteiger charge is 2.23. The van der Waals surface area contributed by atoms with Crippen molar-refractivity contribution in [1.82, 2.24) is 9.88 Å². The molecule has 8 nitrogen and oxygen atoms in total. The van der Waals surface area contributed by atoms with Crippen LogP contribution >= 0.6 is 0 Å². The summed E-state index contributed by atoms with van der Waals surface area (Å²) in [6.45, 7) is 6.98. The molecule has 0 saturated carbocycles. The fraction of sp³-hybridized carbons (Fsp3) is 0.500. The molecule has 0 unspecified atom stereocenters. The predicted octanol–water partition coefficient (Wildman–Crippen LogP) is 2.72. The summed E-state index contributed by atoms with van der Waals surface area (Å²) in [5.74, 6) is 2.38. The highest BCUT2D eigenvalue weighted by molar-refractivity contribution is 5.93. The highest BCUT2D eigenvalue weighted by Crippen LogP contribution is 2.39. The van der Waals surface area contributed by atoms with E-state index in [1.807, 2.05) is 24.4 Å². The standard InChI is InChI=1S/C24H30N4O4/c29-22-7-6-18-17-25-23(16-19(18)26-22)31-13-2-1-8-27-9-11-28(12-10-27)20-4-3-5-21-24(20)32-15-14-30-21/h3-5,16-17H,1-2,6-15H2,(H,26,29). The van der Waals surface area contributed by atoms with Crippen LogP contribution < -0.4 is 24.4 Å². The second-order valence-electron chi connectivity index (χ2n) is 8.41. The molecule has 5 rings (SSSR count). The molecule has 4 heterocycles. The Kier molecular flexibility index (Phi) is 6.29. The summed E-state index contributed by atoms with van der Waals surface area (Å²) in [5, 5.41) is 2.89. The van der Waals surface area contributed by atoms with Crippen LogP contribution in [0.15, 0.2) is 30.5 Å². The molecule has 1 saturated heterocycles. The molecular weight excluding hydrogens is 408 g/mol. The van der Waals surface area contributed by atoms with Crippen LogP contribution in [0.3, 0.4) is 0 Å². The summed E-state index contributed by atoms with van der Waals surface area (Å²) in [6.07, 6.45) is 5.14. The smallest absolute Gasteiger partial charge is 0.224 e. The number of hydrogen-bond acceptors (Lipinski definition) is 7. The fourth-order valence-electron chi connectivity index (χ4n) is 4.45. The zero-order valence-corrected chi connectivity index (χ0v) is 18.3. The maximum absolute atomic E-state index is 11.6. The van der Waals surface area contributed by atoms with Gasteiger partial charge in [-0.3, -0.25) is 9.69 Å². The van der Waals surface area contributed by atoms with E-state index >= 15 is 0 Å². The average Bonchev–Trinajstić information content (AvgIpc) is 2.83. The first-order valence-corrected chi connectivity index (χ1v) is 11.5. The summed E-state index contributed by atoms with van der Waals surface area (Å²) in [4.78, 5) is 20.8. The van der Waals surface area contributed by atoms with Crippen molar-refractivity contribution in [2.45, 2.75) is 25.7 Å². The maximum Gasteiger partial charge on any atom is 0.224 e. The van der Waals surface area contributed by atoms with E-state index in [9.17, 15) is 4.79 Å². The first kappa shape index (κ1) is 20.9. The molecule has 1 fully saturated rings. The number of nitrogens with zero attached hydrogens (tertiary/aromatic N) is 3. The molecule has 170 valence electrons. The molecule has 8 heteroatoms. The molecule has 1 amide bonds. The second-order valence-corrected chi connectivity index (χ2v) is 8.41. The lowest BCUT2D eigenvalue weighted by molar-refractivity contribution is -0.116. The second kappa shape index (κ2) is 9.65. The highest BCUT2D eigenvalue weighted by atomic mass is 16.6. The Bertz CT molecular complexity index is 959. The van der Waals surface area contributed by atoms with Gasteiger partial charge < -0.3 is 24.4 Å². The van der Waals surface area contributed by atoms with Gasteiger partial charge in [-0.1, -0.05) is 6.07 Å². The van der Waals surface area contributed by atoms with Crippen molar-refractivity contribution >= 4 is 17.3 Å². The van der Waals surface area contributed by atoms with Crippen LogP contribution in [0.25, 0.3) is 0 Å². The molecule has 0 spiro atoms. The SMILES string of the molecule is O=C1CCc2cnc(OCCCCN3CCN(c4cccc5c4OCCO5)CC3)cc2N1. The summed E-state index contributed by atoms with van der Waals surface area (Å²) in [5.41, 5.74) is 3.05. The first-order valence-electron chi connectivity index (χ1n) is 11.5. The normalized spacial score (nSPS) is 18.1. The van der Waals surface area contributed by atoms with E-state index in [0.29, 0.717) is 32.1 Å². The number of anilines is 2. The van der Waals surface area contributed by atoms with Crippen LogP contribution in [0.5, 0.6) is 17.4 Å². The largest absolute Gasteiger partial charge is 0.486 e. The molecular formula is C24H30N4O4. The van der Waals surface area contributed by atoms with Gasteiger partial charge in [0.1, 0.15) is 13.2 Å². The van der Waals surface area contributed by atoms with E-state index in [1.54, 1.807) is 0 Å². The van der Waals surface area contributed by atoms with Crippen LogP contribution in [0, 0.1) is 0 Å². The third-order valence-electron chi connectivity index (χ3n) is 6.23. The van der Waals surface area contributed by atoms with E-state index < -0.39 is 0 Å². The van der Waals surface area contributed by atoms with Crippen molar-refractivity contribution in [1.29, 1.82) is 0 Å². The number of aromatic nitrogens is 1. The number of hydrogen-bond donors (Lipinski definition) is 1. The number of carbonyl (C=O) groups excluding carboxylic acids is 1. The molecule has 0 aliphatic carbocycles. The Labute approximate surface area is 188 Å². The quantitative estimate of drug-likeness (QED) is 0.666. The molecule has 0 atom stereocenters. The first-order chi connectivity index (χ1) is 15.8. The van der Waals surface area contributed by atoms with Crippen molar-refractivity contribution in [3.63, 3.8) is 0 Å². The minimum absolute atomic E-state index is 0.0581. The Hall–Kier alpha value is -3.00. The summed E-state index contributed by atoms with van der Waals surface area (Å²) >= 11 is 0. The van der Waals surface area contributed by atoms with Crippen molar-refractivity contribution in [3.05, 3.63) is 36.0 Å². The number of para-hydroxylation sites is 1. The fourth-order valence-corrected chi connectivity index (χ4v) is 4.45. The van der Waals surface area contributed by atoms with E-state index in [-0.39, 0.29) is 5.91 Å². The van der Waals surface area contributed by atoms with Gasteiger partial charge in [-0.05, 0) is 43.5 Å². The van der Waals surface area contributed by atoms with Gasteiger partial charge in [-0.25, -0.2) is 4.98 Å². The lowest BCUT2D eigenvalue weighted by atomic mass is 10.1. The summed E-state index contributed by atoms with van der Waals surface area (Å²) < 4.78 is 17.4. The van der Waals surface area contributed by atoms with Crippen molar-refractivity contribution in [2.24, 2.45) is 0 Å². The topological polar surface area (TPSA) is 76.2 Å². The number of carbonyl (C=O) groups is 1. The zero-order valence-electron chi connectivity index (χ0n) is 18.3. The minimum Gasteiger partial charge on any atom is -0.486 e. The number of ether oxygens (including phenoxy) is 3. The number of aryl methyl sites for hydroxylation is 1. The van der Waals surface area contributed by atoms with Gasteiger partial charge >= 0.3 is 0 Å². The molecule has 1 N–H and O–H groups in total. The van der Waals surface area contributed by atoms with Crippen LogP contribution in [-0.2, 0) is 11.2 Å². The van der Waals surface area contributed by atoms with E-state index in [1.165, 1.54) is 0 Å². The summed E-state index contributed by atoms with van der Waals surface area (Å²) in [6, 6.07) is 7.98. The number of rotatable bonds is 7. The summed E-state index contributed by atoms with van der Waals surface area (Å²) in [7, 11) is 0. The Morgan fingerprint density at radius 2 is 1.94 bits per heavy atom. The zero-order chi connectivity index (χ0) is 21.8.